The van der Waals surface area contributed by atoms with E-state index in [4.69, 9.17) is 9.47 Å². The second kappa shape index (κ2) is 10.00. The molecule has 0 spiro atoms. The Morgan fingerprint density at radius 2 is 1.59 bits per heavy atom. The summed E-state index contributed by atoms with van der Waals surface area (Å²) in [7, 11) is 0. The number of carbonyl (C=O) groups is 2. The Balaban J connectivity index is 1.23. The number of nitrogens with zero attached hydrogens (tertiary/aromatic N) is 1. The average molecular weight is 457 g/mol. The number of hydrogen-bond acceptors (Lipinski definition) is 4. The highest BCUT2D eigenvalue weighted by Gasteiger charge is 2.35. The van der Waals surface area contributed by atoms with E-state index in [0.717, 1.165) is 12.8 Å². The van der Waals surface area contributed by atoms with Crippen LogP contribution in [-0.2, 0) is 4.79 Å². The van der Waals surface area contributed by atoms with E-state index >= 15 is 0 Å². The highest BCUT2D eigenvalue weighted by molar-refractivity contribution is 5.98. The summed E-state index contributed by atoms with van der Waals surface area (Å²) in [6.07, 6.45) is 2.26. The Morgan fingerprint density at radius 3 is 2.29 bits per heavy atom. The van der Waals surface area contributed by atoms with E-state index in [2.05, 4.69) is 29.6 Å². The third kappa shape index (κ3) is 4.62. The summed E-state index contributed by atoms with van der Waals surface area (Å²) in [6, 6.07) is 25.4. The Hall–Kier alpha value is -3.80. The van der Waals surface area contributed by atoms with Crippen LogP contribution >= 0.6 is 0 Å². The van der Waals surface area contributed by atoms with Gasteiger partial charge in [0.2, 0.25) is 12.7 Å². The molecule has 2 amide bonds. The fraction of sp³-hybridized carbons (Fsp3) is 0.286. The number of nitrogens with one attached hydrogen (secondary N) is 1. The molecule has 34 heavy (non-hydrogen) atoms. The van der Waals surface area contributed by atoms with E-state index in [1.54, 1.807) is 23.1 Å². The van der Waals surface area contributed by atoms with Crippen molar-refractivity contribution in [2.24, 2.45) is 0 Å². The van der Waals surface area contributed by atoms with Gasteiger partial charge in [-0.3, -0.25) is 9.59 Å². The van der Waals surface area contributed by atoms with Gasteiger partial charge in [-0.25, -0.2) is 0 Å². The van der Waals surface area contributed by atoms with Crippen LogP contribution in [0.1, 0.15) is 46.7 Å². The Labute approximate surface area is 199 Å². The number of ether oxygens (including phenoxy) is 2. The van der Waals surface area contributed by atoms with Crippen molar-refractivity contribution in [3.8, 4) is 11.5 Å². The van der Waals surface area contributed by atoms with Gasteiger partial charge in [0.25, 0.3) is 5.91 Å². The summed E-state index contributed by atoms with van der Waals surface area (Å²) in [5.41, 5.74) is 2.96. The van der Waals surface area contributed by atoms with Crippen LogP contribution in [0.25, 0.3) is 0 Å². The van der Waals surface area contributed by atoms with Gasteiger partial charge in [0.1, 0.15) is 6.04 Å². The maximum absolute atomic E-state index is 13.2. The summed E-state index contributed by atoms with van der Waals surface area (Å²) in [4.78, 5) is 27.9. The quantitative estimate of drug-likeness (QED) is 0.574. The lowest BCUT2D eigenvalue weighted by atomic mass is 9.88. The van der Waals surface area contributed by atoms with Gasteiger partial charge in [-0.1, -0.05) is 60.7 Å². The largest absolute Gasteiger partial charge is 0.454 e. The third-order valence-corrected chi connectivity index (χ3v) is 6.57. The molecule has 1 saturated heterocycles. The first-order valence-electron chi connectivity index (χ1n) is 11.8. The molecule has 6 heteroatoms. The van der Waals surface area contributed by atoms with Crippen molar-refractivity contribution in [1.29, 1.82) is 0 Å². The first kappa shape index (κ1) is 22.0. The summed E-state index contributed by atoms with van der Waals surface area (Å²) in [5, 5.41) is 3.10. The standard InChI is InChI=1S/C28H28N2O4/c31-27(29-16-15-23(20-8-3-1-4-9-20)21-10-5-2-6-11-21)24-12-7-17-30(24)28(32)22-13-14-25-26(18-22)34-19-33-25/h1-6,8-11,13-14,18,23-24H,7,12,15-17,19H2,(H,29,31). The van der Waals surface area contributed by atoms with E-state index in [1.165, 1.54) is 11.1 Å². The first-order valence-corrected chi connectivity index (χ1v) is 11.8. The number of amides is 2. The molecule has 1 N–H and O–H groups in total. The zero-order valence-electron chi connectivity index (χ0n) is 19.0. The molecular formula is C28H28N2O4. The number of rotatable bonds is 7. The molecule has 3 aromatic carbocycles. The molecule has 5 rings (SSSR count). The lowest BCUT2D eigenvalue weighted by Gasteiger charge is -2.25. The second-order valence-electron chi connectivity index (χ2n) is 8.68. The van der Waals surface area contributed by atoms with Gasteiger partial charge < -0.3 is 19.7 Å². The molecule has 0 radical (unpaired) electrons. The van der Waals surface area contributed by atoms with Gasteiger partial charge in [-0.05, 0) is 48.6 Å². The van der Waals surface area contributed by atoms with Crippen LogP contribution in [-0.4, -0.2) is 42.6 Å². The van der Waals surface area contributed by atoms with E-state index in [0.29, 0.717) is 36.6 Å². The highest BCUT2D eigenvalue weighted by Crippen LogP contribution is 2.33. The monoisotopic (exact) mass is 456 g/mol. The van der Waals surface area contributed by atoms with Gasteiger partial charge in [0, 0.05) is 24.6 Å². The maximum Gasteiger partial charge on any atom is 0.254 e. The van der Waals surface area contributed by atoms with Crippen LogP contribution in [0.4, 0.5) is 0 Å². The Bertz CT molecular complexity index is 1110. The molecule has 1 unspecified atom stereocenters. The summed E-state index contributed by atoms with van der Waals surface area (Å²) < 4.78 is 10.7. The molecular weight excluding hydrogens is 428 g/mol. The van der Waals surface area contributed by atoms with E-state index in [-0.39, 0.29) is 24.5 Å². The van der Waals surface area contributed by atoms with E-state index < -0.39 is 6.04 Å². The molecule has 174 valence electrons. The zero-order valence-corrected chi connectivity index (χ0v) is 19.0. The van der Waals surface area contributed by atoms with Crippen molar-refractivity contribution < 1.29 is 19.1 Å². The second-order valence-corrected chi connectivity index (χ2v) is 8.68. The average Bonchev–Trinajstić information content (AvgIpc) is 3.56. The van der Waals surface area contributed by atoms with Crippen LogP contribution in [0, 0.1) is 0 Å². The van der Waals surface area contributed by atoms with Crippen molar-refractivity contribution in [1.82, 2.24) is 10.2 Å². The fourth-order valence-electron chi connectivity index (χ4n) is 4.83. The minimum Gasteiger partial charge on any atom is -0.454 e. The summed E-state index contributed by atoms with van der Waals surface area (Å²) >= 11 is 0. The zero-order chi connectivity index (χ0) is 23.3. The molecule has 6 nitrogen and oxygen atoms in total. The van der Waals surface area contributed by atoms with Crippen LogP contribution in [0.5, 0.6) is 11.5 Å². The minimum absolute atomic E-state index is 0.0912. The predicted molar refractivity (Wildman–Crippen MR) is 129 cm³/mol. The van der Waals surface area contributed by atoms with Crippen LogP contribution in [0.3, 0.4) is 0 Å². The third-order valence-electron chi connectivity index (χ3n) is 6.57. The SMILES string of the molecule is O=C(NCCC(c1ccccc1)c1ccccc1)C1CCCN1C(=O)c1ccc2c(c1)OCO2. The molecule has 2 aliphatic heterocycles. The van der Waals surface area contributed by atoms with Gasteiger partial charge in [0.05, 0.1) is 0 Å². The first-order chi connectivity index (χ1) is 16.7. The van der Waals surface area contributed by atoms with E-state index in [9.17, 15) is 9.59 Å². The molecule has 0 aromatic heterocycles. The number of fused-ring (bicyclic) bond motifs is 1. The van der Waals surface area contributed by atoms with Gasteiger partial charge >= 0.3 is 0 Å². The fourth-order valence-corrected chi connectivity index (χ4v) is 4.83. The molecule has 1 atom stereocenters. The number of likely N-dealkylation sites (tertiary alicyclic amines) is 1. The molecule has 0 bridgehead atoms. The predicted octanol–water partition coefficient (Wildman–Crippen LogP) is 4.36. The topological polar surface area (TPSA) is 67.9 Å². The van der Waals surface area contributed by atoms with Crippen molar-refractivity contribution >= 4 is 11.8 Å². The highest BCUT2D eigenvalue weighted by atomic mass is 16.7. The van der Waals surface area contributed by atoms with Crippen molar-refractivity contribution in [2.45, 2.75) is 31.2 Å². The van der Waals surface area contributed by atoms with Gasteiger partial charge in [0.15, 0.2) is 11.5 Å². The molecule has 1 fully saturated rings. The van der Waals surface area contributed by atoms with Crippen molar-refractivity contribution in [3.05, 3.63) is 95.6 Å². The lowest BCUT2D eigenvalue weighted by Crippen LogP contribution is -2.46. The molecule has 3 aromatic rings. The van der Waals surface area contributed by atoms with Crippen LogP contribution in [0.15, 0.2) is 78.9 Å². The van der Waals surface area contributed by atoms with Gasteiger partial charge in [-0.2, -0.15) is 0 Å². The molecule has 0 saturated carbocycles. The van der Waals surface area contributed by atoms with E-state index in [1.807, 2.05) is 36.4 Å². The smallest absolute Gasteiger partial charge is 0.254 e. The van der Waals surface area contributed by atoms with Crippen LogP contribution in [0.2, 0.25) is 0 Å². The number of hydrogen-bond donors (Lipinski definition) is 1. The maximum atomic E-state index is 13.2. The minimum atomic E-state index is -0.454. The molecule has 0 aliphatic carbocycles. The molecule has 2 aliphatic rings. The number of benzene rings is 3. The van der Waals surface area contributed by atoms with Crippen LogP contribution < -0.4 is 14.8 Å². The lowest BCUT2D eigenvalue weighted by molar-refractivity contribution is -0.124. The number of carbonyl (C=O) groups excluding carboxylic acids is 2. The summed E-state index contributed by atoms with van der Waals surface area (Å²) in [6.45, 7) is 1.27. The van der Waals surface area contributed by atoms with Crippen molar-refractivity contribution in [2.75, 3.05) is 19.9 Å². The Kier molecular flexibility index (Phi) is 6.47. The normalized spacial score (nSPS) is 16.6. The van der Waals surface area contributed by atoms with Crippen molar-refractivity contribution in [3.63, 3.8) is 0 Å². The molecule has 2 heterocycles. The Morgan fingerprint density at radius 1 is 0.912 bits per heavy atom. The summed E-state index contributed by atoms with van der Waals surface area (Å²) in [5.74, 6) is 1.16. The van der Waals surface area contributed by atoms with Gasteiger partial charge in [-0.15, -0.1) is 0 Å².